The quantitative estimate of drug-likeness (QED) is 0.647. The molecule has 3 aromatic rings. The van der Waals surface area contributed by atoms with Crippen LogP contribution >= 0.6 is 0 Å². The number of hydrogen-bond acceptors (Lipinski definition) is 6. The third-order valence-corrected chi connectivity index (χ3v) is 3.24. The summed E-state index contributed by atoms with van der Waals surface area (Å²) >= 11 is 0. The van der Waals surface area contributed by atoms with Gasteiger partial charge in [-0.25, -0.2) is 0 Å². The first-order valence-corrected chi connectivity index (χ1v) is 7.20. The fourth-order valence-electron chi connectivity index (χ4n) is 2.08. The Kier molecular flexibility index (Phi) is 4.49. The third kappa shape index (κ3) is 3.83. The number of ether oxygens (including phenoxy) is 1. The Morgan fingerprint density at radius 2 is 2.04 bits per heavy atom. The van der Waals surface area contributed by atoms with Gasteiger partial charge < -0.3 is 15.2 Å². The highest BCUT2D eigenvalue weighted by Gasteiger charge is 2.09. The van der Waals surface area contributed by atoms with Crippen LogP contribution in [0.15, 0.2) is 48.8 Å². The molecule has 1 atom stereocenters. The molecule has 0 bridgehead atoms. The van der Waals surface area contributed by atoms with E-state index in [-0.39, 0.29) is 12.7 Å². The van der Waals surface area contributed by atoms with Crippen LogP contribution in [0.25, 0.3) is 0 Å². The molecule has 0 saturated heterocycles. The van der Waals surface area contributed by atoms with Crippen molar-refractivity contribution in [2.75, 3.05) is 5.32 Å². The van der Waals surface area contributed by atoms with E-state index in [0.29, 0.717) is 23.2 Å². The fourth-order valence-corrected chi connectivity index (χ4v) is 2.08. The van der Waals surface area contributed by atoms with Gasteiger partial charge in [-0.1, -0.05) is 30.3 Å². The van der Waals surface area contributed by atoms with Crippen LogP contribution in [0.3, 0.4) is 0 Å². The molecule has 0 unspecified atom stereocenters. The lowest BCUT2D eigenvalue weighted by Crippen LogP contribution is -2.05. The maximum Gasteiger partial charge on any atom is 0.234 e. The molecule has 0 saturated carbocycles. The first-order chi connectivity index (χ1) is 11.2. The Bertz CT molecular complexity index is 760. The van der Waals surface area contributed by atoms with Crippen molar-refractivity contribution in [3.05, 3.63) is 60.0 Å². The van der Waals surface area contributed by atoms with Gasteiger partial charge in [0.15, 0.2) is 11.6 Å². The Labute approximate surface area is 133 Å². The van der Waals surface area contributed by atoms with Crippen molar-refractivity contribution >= 4 is 11.6 Å². The Morgan fingerprint density at radius 1 is 1.22 bits per heavy atom. The Balaban J connectivity index is 1.69. The minimum atomic E-state index is -0.132. The highest BCUT2D eigenvalue weighted by molar-refractivity contribution is 5.51. The van der Waals surface area contributed by atoms with E-state index in [1.807, 2.05) is 37.3 Å². The van der Waals surface area contributed by atoms with Gasteiger partial charge in [-0.2, -0.15) is 10.1 Å². The number of aromatic amines is 1. The lowest BCUT2D eigenvalue weighted by Gasteiger charge is -2.14. The molecule has 3 N–H and O–H groups in total. The van der Waals surface area contributed by atoms with Gasteiger partial charge in [0.1, 0.15) is 6.10 Å². The van der Waals surface area contributed by atoms with Gasteiger partial charge in [0, 0.05) is 6.07 Å². The van der Waals surface area contributed by atoms with E-state index in [2.05, 4.69) is 25.5 Å². The Morgan fingerprint density at radius 3 is 2.78 bits per heavy atom. The van der Waals surface area contributed by atoms with Gasteiger partial charge in [-0.15, -0.1) is 0 Å². The minimum absolute atomic E-state index is 0.0991. The smallest absolute Gasteiger partial charge is 0.234 e. The molecule has 3 rings (SSSR count). The summed E-state index contributed by atoms with van der Waals surface area (Å²) in [6.45, 7) is 1.86. The van der Waals surface area contributed by atoms with Crippen molar-refractivity contribution < 1.29 is 9.84 Å². The van der Waals surface area contributed by atoms with Crippen molar-refractivity contribution in [1.82, 2.24) is 20.2 Å². The van der Waals surface area contributed by atoms with Crippen LogP contribution in [0.5, 0.6) is 5.88 Å². The highest BCUT2D eigenvalue weighted by atomic mass is 16.5. The summed E-state index contributed by atoms with van der Waals surface area (Å²) in [5, 5.41) is 18.7. The van der Waals surface area contributed by atoms with E-state index in [4.69, 9.17) is 9.84 Å². The molecule has 0 aliphatic rings. The first kappa shape index (κ1) is 15.0. The van der Waals surface area contributed by atoms with Gasteiger partial charge in [-0.3, -0.25) is 10.1 Å². The molecule has 118 valence electrons. The van der Waals surface area contributed by atoms with Gasteiger partial charge >= 0.3 is 0 Å². The summed E-state index contributed by atoms with van der Waals surface area (Å²) in [6, 6.07) is 11.6. The van der Waals surface area contributed by atoms with Gasteiger partial charge in [0.2, 0.25) is 5.88 Å². The van der Waals surface area contributed by atoms with E-state index in [0.717, 1.165) is 5.56 Å². The molecule has 0 aliphatic carbocycles. The SMILES string of the molecule is C[C@H](Oc1cncc(Nc2cc(CO)[nH]n2)n1)c1ccccc1. The van der Waals surface area contributed by atoms with Crippen molar-refractivity contribution in [3.8, 4) is 5.88 Å². The molecule has 0 fully saturated rings. The zero-order valence-corrected chi connectivity index (χ0v) is 12.6. The molecule has 1 aromatic carbocycles. The predicted molar refractivity (Wildman–Crippen MR) is 85.3 cm³/mol. The second-order valence-corrected chi connectivity index (χ2v) is 4.97. The van der Waals surface area contributed by atoms with Crippen molar-refractivity contribution in [2.45, 2.75) is 19.6 Å². The lowest BCUT2D eigenvalue weighted by molar-refractivity contribution is 0.217. The lowest BCUT2D eigenvalue weighted by atomic mass is 10.1. The summed E-state index contributed by atoms with van der Waals surface area (Å²) < 4.78 is 5.82. The zero-order chi connectivity index (χ0) is 16.1. The summed E-state index contributed by atoms with van der Waals surface area (Å²) in [5.74, 6) is 1.49. The molecule has 23 heavy (non-hydrogen) atoms. The molecule has 7 nitrogen and oxygen atoms in total. The fraction of sp³-hybridized carbons (Fsp3) is 0.188. The number of aromatic nitrogens is 4. The maximum absolute atomic E-state index is 9.02. The van der Waals surface area contributed by atoms with Gasteiger partial charge in [-0.05, 0) is 12.5 Å². The summed E-state index contributed by atoms with van der Waals surface area (Å²) in [4.78, 5) is 8.47. The number of aliphatic hydroxyl groups is 1. The van der Waals surface area contributed by atoms with Crippen LogP contribution in [0, 0.1) is 0 Å². The molecule has 0 spiro atoms. The van der Waals surface area contributed by atoms with E-state index in [1.165, 1.54) is 0 Å². The number of benzene rings is 1. The molecular formula is C16H17N5O2. The molecule has 2 aromatic heterocycles. The monoisotopic (exact) mass is 311 g/mol. The average molecular weight is 311 g/mol. The van der Waals surface area contributed by atoms with Gasteiger partial charge in [0.05, 0.1) is 24.7 Å². The summed E-state index contributed by atoms with van der Waals surface area (Å²) in [7, 11) is 0. The number of anilines is 2. The van der Waals surface area contributed by atoms with Crippen LogP contribution in [0.1, 0.15) is 24.3 Å². The van der Waals surface area contributed by atoms with E-state index in [1.54, 1.807) is 18.5 Å². The van der Waals surface area contributed by atoms with Gasteiger partial charge in [0.25, 0.3) is 0 Å². The van der Waals surface area contributed by atoms with Crippen molar-refractivity contribution in [3.63, 3.8) is 0 Å². The van der Waals surface area contributed by atoms with Crippen LogP contribution in [-0.2, 0) is 6.61 Å². The molecule has 0 aliphatic heterocycles. The number of rotatable bonds is 6. The van der Waals surface area contributed by atoms with Crippen LogP contribution < -0.4 is 10.1 Å². The predicted octanol–water partition coefficient (Wildman–Crippen LogP) is 2.58. The molecule has 2 heterocycles. The van der Waals surface area contributed by atoms with E-state index in [9.17, 15) is 0 Å². The largest absolute Gasteiger partial charge is 0.469 e. The molecule has 7 heteroatoms. The van der Waals surface area contributed by atoms with E-state index < -0.39 is 0 Å². The van der Waals surface area contributed by atoms with Crippen LogP contribution in [0.4, 0.5) is 11.6 Å². The second kappa shape index (κ2) is 6.89. The molecule has 0 radical (unpaired) electrons. The number of aliphatic hydroxyl groups excluding tert-OH is 1. The number of H-pyrrole nitrogens is 1. The number of hydrogen-bond donors (Lipinski definition) is 3. The Hall–Kier alpha value is -2.93. The minimum Gasteiger partial charge on any atom is -0.469 e. The van der Waals surface area contributed by atoms with Crippen LogP contribution in [-0.4, -0.2) is 25.3 Å². The van der Waals surface area contributed by atoms with Crippen molar-refractivity contribution in [1.29, 1.82) is 0 Å². The third-order valence-electron chi connectivity index (χ3n) is 3.24. The normalized spacial score (nSPS) is 11.9. The zero-order valence-electron chi connectivity index (χ0n) is 12.6. The first-order valence-electron chi connectivity index (χ1n) is 7.20. The number of nitrogens with zero attached hydrogens (tertiary/aromatic N) is 3. The molecule has 0 amide bonds. The molecular weight excluding hydrogens is 294 g/mol. The summed E-state index contributed by atoms with van der Waals surface area (Å²) in [6.07, 6.45) is 3.01. The standard InChI is InChI=1S/C16H17N5O2/c1-11(12-5-3-2-4-6-12)23-16-9-17-8-15(19-16)18-14-7-13(10-22)20-21-14/h2-9,11,22H,10H2,1H3,(H2,18,19,20,21)/t11-/m0/s1. The van der Waals surface area contributed by atoms with Crippen molar-refractivity contribution in [2.24, 2.45) is 0 Å². The number of nitrogens with one attached hydrogen (secondary N) is 2. The average Bonchev–Trinajstić information content (AvgIpc) is 3.03. The second-order valence-electron chi connectivity index (χ2n) is 4.97. The van der Waals surface area contributed by atoms with Crippen LogP contribution in [0.2, 0.25) is 0 Å². The highest BCUT2D eigenvalue weighted by Crippen LogP contribution is 2.21. The topological polar surface area (TPSA) is 95.9 Å². The summed E-state index contributed by atoms with van der Waals surface area (Å²) in [5.41, 5.74) is 1.68. The van der Waals surface area contributed by atoms with E-state index >= 15 is 0 Å². The maximum atomic E-state index is 9.02.